The Kier molecular flexibility index (Phi) is 6.00. The molecule has 5 rings (SSSR count). The molecule has 166 valence electrons. The highest BCUT2D eigenvalue weighted by atomic mass is 32.2. The molecule has 0 spiro atoms. The molecule has 3 aromatic heterocycles. The summed E-state index contributed by atoms with van der Waals surface area (Å²) in [5.41, 5.74) is 3.92. The summed E-state index contributed by atoms with van der Waals surface area (Å²) in [7, 11) is 0. The minimum Gasteiger partial charge on any atom is -0.282 e. The van der Waals surface area contributed by atoms with Gasteiger partial charge in [-0.1, -0.05) is 62.0 Å². The van der Waals surface area contributed by atoms with E-state index >= 15 is 0 Å². The predicted molar refractivity (Wildman–Crippen MR) is 135 cm³/mol. The number of benzene rings is 2. The van der Waals surface area contributed by atoms with Gasteiger partial charge in [-0.25, -0.2) is 14.4 Å². The molecule has 0 unspecified atom stereocenters. The molecule has 0 fully saturated rings. The van der Waals surface area contributed by atoms with Gasteiger partial charge in [0.1, 0.15) is 15.3 Å². The van der Waals surface area contributed by atoms with Crippen molar-refractivity contribution in [3.63, 3.8) is 0 Å². The van der Waals surface area contributed by atoms with Gasteiger partial charge >= 0.3 is 0 Å². The molecule has 0 radical (unpaired) electrons. The molecule has 0 atom stereocenters. The summed E-state index contributed by atoms with van der Waals surface area (Å²) >= 11 is 2.87. The minimum atomic E-state index is -0.262. The van der Waals surface area contributed by atoms with Crippen LogP contribution in [0.5, 0.6) is 0 Å². The smallest absolute Gasteiger partial charge is 0.272 e. The maximum absolute atomic E-state index is 13.6. The summed E-state index contributed by atoms with van der Waals surface area (Å²) in [6.45, 7) is 4.77. The van der Waals surface area contributed by atoms with Gasteiger partial charge in [-0.2, -0.15) is 0 Å². The van der Waals surface area contributed by atoms with E-state index < -0.39 is 0 Å². The van der Waals surface area contributed by atoms with E-state index in [0.717, 1.165) is 21.3 Å². The highest BCUT2D eigenvalue weighted by Crippen LogP contribution is 2.31. The van der Waals surface area contributed by atoms with Crippen LogP contribution >= 0.6 is 23.1 Å². The molecule has 0 amide bonds. The molecule has 0 saturated carbocycles. The Bertz CT molecular complexity index is 1490. The number of thioether (sulfide) groups is 1. The number of hydrogen-bond donors (Lipinski definition) is 0. The molecular weight excluding hydrogens is 453 g/mol. The van der Waals surface area contributed by atoms with E-state index in [0.29, 0.717) is 33.6 Å². The van der Waals surface area contributed by atoms with Crippen molar-refractivity contribution in [2.45, 2.75) is 37.2 Å². The van der Waals surface area contributed by atoms with E-state index in [9.17, 15) is 9.18 Å². The third-order valence-electron chi connectivity index (χ3n) is 5.59. The second-order valence-electron chi connectivity index (χ2n) is 8.23. The third kappa shape index (κ3) is 4.43. The quantitative estimate of drug-likeness (QED) is 0.205. The lowest BCUT2D eigenvalue weighted by atomic mass is 10.0. The fourth-order valence-electron chi connectivity index (χ4n) is 3.71. The molecule has 4 nitrogen and oxygen atoms in total. The second-order valence-corrected chi connectivity index (χ2v) is 10.2. The highest BCUT2D eigenvalue weighted by molar-refractivity contribution is 7.98. The molecule has 7 heteroatoms. The zero-order valence-electron chi connectivity index (χ0n) is 18.3. The van der Waals surface area contributed by atoms with E-state index in [4.69, 9.17) is 4.98 Å². The number of nitrogens with zero attached hydrogens (tertiary/aromatic N) is 3. The first-order valence-electron chi connectivity index (χ1n) is 10.7. The standard InChI is InChI=1S/C26H22FN3OS2/c1-16(2)19-9-5-17(6-10-19)14-30-25(31)23-22(21-4-3-13-28-24(21)33-23)29-26(30)32-15-18-7-11-20(27)12-8-18/h3-13,16H,14-15H2,1-2H3. The van der Waals surface area contributed by atoms with Crippen LogP contribution in [0.25, 0.3) is 20.4 Å². The third-order valence-corrected chi connectivity index (χ3v) is 7.72. The predicted octanol–water partition coefficient (Wildman–Crippen LogP) is 6.61. The lowest BCUT2D eigenvalue weighted by molar-refractivity contribution is 0.627. The zero-order chi connectivity index (χ0) is 22.9. The maximum atomic E-state index is 13.6. The molecule has 0 saturated heterocycles. The van der Waals surface area contributed by atoms with Crippen molar-refractivity contribution in [3.05, 3.63) is 99.7 Å². The fourth-order valence-corrected chi connectivity index (χ4v) is 5.69. The number of thiophene rings is 1. The van der Waals surface area contributed by atoms with Gasteiger partial charge in [-0.3, -0.25) is 9.36 Å². The average molecular weight is 476 g/mol. The van der Waals surface area contributed by atoms with Crippen molar-refractivity contribution < 1.29 is 4.39 Å². The van der Waals surface area contributed by atoms with Crippen molar-refractivity contribution in [2.24, 2.45) is 0 Å². The lowest BCUT2D eigenvalue weighted by Crippen LogP contribution is -2.23. The summed E-state index contributed by atoms with van der Waals surface area (Å²) in [6.07, 6.45) is 1.73. The van der Waals surface area contributed by atoms with Crippen molar-refractivity contribution in [1.29, 1.82) is 0 Å². The molecule has 3 heterocycles. The van der Waals surface area contributed by atoms with Crippen LogP contribution in [0.3, 0.4) is 0 Å². The number of fused-ring (bicyclic) bond motifs is 3. The Labute approximate surface area is 199 Å². The van der Waals surface area contributed by atoms with E-state index in [2.05, 4.69) is 43.1 Å². The zero-order valence-corrected chi connectivity index (χ0v) is 19.9. The Morgan fingerprint density at radius 2 is 1.76 bits per heavy atom. The van der Waals surface area contributed by atoms with E-state index in [-0.39, 0.29) is 11.4 Å². The molecule has 0 bridgehead atoms. The number of aromatic nitrogens is 3. The van der Waals surface area contributed by atoms with Crippen LogP contribution in [0.1, 0.15) is 36.5 Å². The van der Waals surface area contributed by atoms with Crippen molar-refractivity contribution >= 4 is 43.5 Å². The SMILES string of the molecule is CC(C)c1ccc(Cn2c(SCc3ccc(F)cc3)nc3c(sc4ncccc43)c2=O)cc1. The molecule has 0 aliphatic rings. The van der Waals surface area contributed by atoms with Crippen molar-refractivity contribution in [3.8, 4) is 0 Å². The Balaban J connectivity index is 1.58. The van der Waals surface area contributed by atoms with Gasteiger partial charge in [0.05, 0.1) is 12.1 Å². The van der Waals surface area contributed by atoms with Gasteiger partial charge in [-0.15, -0.1) is 11.3 Å². The van der Waals surface area contributed by atoms with Crippen molar-refractivity contribution in [1.82, 2.24) is 14.5 Å². The largest absolute Gasteiger partial charge is 0.282 e. The molecule has 0 aliphatic heterocycles. The van der Waals surface area contributed by atoms with Gasteiger partial charge in [0, 0.05) is 17.3 Å². The molecular formula is C26H22FN3OS2. The maximum Gasteiger partial charge on any atom is 0.272 e. The second kappa shape index (κ2) is 9.08. The molecule has 5 aromatic rings. The Morgan fingerprint density at radius 3 is 2.48 bits per heavy atom. The van der Waals surface area contributed by atoms with Crippen LogP contribution in [0, 0.1) is 5.82 Å². The highest BCUT2D eigenvalue weighted by Gasteiger charge is 2.17. The summed E-state index contributed by atoms with van der Waals surface area (Å²) in [4.78, 5) is 23.7. The summed E-state index contributed by atoms with van der Waals surface area (Å²) in [5, 5.41) is 1.54. The molecule has 0 N–H and O–H groups in total. The van der Waals surface area contributed by atoms with Crippen molar-refractivity contribution in [2.75, 3.05) is 0 Å². The normalized spacial score (nSPS) is 11.6. The minimum absolute atomic E-state index is 0.0578. The lowest BCUT2D eigenvalue weighted by Gasteiger charge is -2.13. The van der Waals surface area contributed by atoms with Crippen LogP contribution in [0.4, 0.5) is 4.39 Å². The van der Waals surface area contributed by atoms with Gasteiger partial charge in [0.2, 0.25) is 0 Å². The number of halogens is 1. The first kappa shape index (κ1) is 21.8. The van der Waals surface area contributed by atoms with Crippen LogP contribution in [-0.4, -0.2) is 14.5 Å². The van der Waals surface area contributed by atoms with Gasteiger partial charge in [-0.05, 0) is 46.9 Å². The van der Waals surface area contributed by atoms with Gasteiger partial charge < -0.3 is 0 Å². The van der Waals surface area contributed by atoms with E-state index in [1.54, 1.807) is 22.9 Å². The van der Waals surface area contributed by atoms with Gasteiger partial charge in [0.25, 0.3) is 5.56 Å². The molecule has 2 aromatic carbocycles. The molecule has 33 heavy (non-hydrogen) atoms. The molecule has 0 aliphatic carbocycles. The summed E-state index contributed by atoms with van der Waals surface area (Å²) < 4.78 is 15.7. The Morgan fingerprint density at radius 1 is 1.03 bits per heavy atom. The number of pyridine rings is 1. The average Bonchev–Trinajstić information content (AvgIpc) is 3.20. The van der Waals surface area contributed by atoms with Crippen LogP contribution in [0.2, 0.25) is 0 Å². The number of rotatable bonds is 6. The topological polar surface area (TPSA) is 47.8 Å². The first-order chi connectivity index (χ1) is 16.0. The van der Waals surface area contributed by atoms with Crippen LogP contribution in [-0.2, 0) is 12.3 Å². The van der Waals surface area contributed by atoms with Gasteiger partial charge in [0.15, 0.2) is 5.16 Å². The number of hydrogen-bond acceptors (Lipinski definition) is 5. The van der Waals surface area contributed by atoms with Crippen LogP contribution < -0.4 is 5.56 Å². The summed E-state index contributed by atoms with van der Waals surface area (Å²) in [5.74, 6) is 0.778. The monoisotopic (exact) mass is 475 g/mol. The Hall–Kier alpha value is -3.03. The van der Waals surface area contributed by atoms with E-state index in [1.807, 2.05) is 12.1 Å². The fraction of sp³-hybridized carbons (Fsp3) is 0.192. The van der Waals surface area contributed by atoms with E-state index in [1.165, 1.54) is 40.8 Å². The summed E-state index contributed by atoms with van der Waals surface area (Å²) in [6, 6.07) is 18.6. The first-order valence-corrected chi connectivity index (χ1v) is 12.5. The van der Waals surface area contributed by atoms with Crippen LogP contribution in [0.15, 0.2) is 76.8 Å².